The maximum absolute atomic E-state index is 12.9. The maximum Gasteiger partial charge on any atom is 0.416 e. The normalized spacial score (nSPS) is 18.7. The van der Waals surface area contributed by atoms with Crippen molar-refractivity contribution in [3.05, 3.63) is 69.7 Å². The molecule has 39 heavy (non-hydrogen) atoms. The highest BCUT2D eigenvalue weighted by molar-refractivity contribution is 9.10. The monoisotopic (exact) mass is 608 g/mol. The fourth-order valence-corrected chi connectivity index (χ4v) is 5.52. The quantitative estimate of drug-likeness (QED) is 0.467. The first-order valence-corrected chi connectivity index (χ1v) is 13.9. The van der Waals surface area contributed by atoms with Gasteiger partial charge in [-0.25, -0.2) is 0 Å². The van der Waals surface area contributed by atoms with Crippen molar-refractivity contribution in [2.75, 3.05) is 39.3 Å². The van der Waals surface area contributed by atoms with E-state index in [-0.39, 0.29) is 30.0 Å². The van der Waals surface area contributed by atoms with E-state index < -0.39 is 17.6 Å². The van der Waals surface area contributed by atoms with Crippen LogP contribution in [0.15, 0.2) is 53.0 Å². The van der Waals surface area contributed by atoms with Gasteiger partial charge in [0.25, 0.3) is 11.8 Å². The number of carbonyl (C=O) groups excluding carboxylic acids is 3. The first-order valence-electron chi connectivity index (χ1n) is 13.1. The van der Waals surface area contributed by atoms with E-state index in [4.69, 9.17) is 0 Å². The van der Waals surface area contributed by atoms with Crippen LogP contribution in [0.5, 0.6) is 0 Å². The lowest BCUT2D eigenvalue weighted by Crippen LogP contribution is -2.43. The summed E-state index contributed by atoms with van der Waals surface area (Å²) in [4.78, 5) is 41.5. The summed E-state index contributed by atoms with van der Waals surface area (Å²) in [7, 11) is 0. The van der Waals surface area contributed by atoms with Crippen LogP contribution >= 0.6 is 15.9 Å². The van der Waals surface area contributed by atoms with Gasteiger partial charge in [0, 0.05) is 47.8 Å². The molecule has 0 bridgehead atoms. The summed E-state index contributed by atoms with van der Waals surface area (Å²) >= 11 is 3.42. The van der Waals surface area contributed by atoms with Crippen LogP contribution in [0.4, 0.5) is 13.2 Å². The Kier molecular flexibility index (Phi) is 9.66. The Hall–Kier alpha value is -2.92. The van der Waals surface area contributed by atoms with Gasteiger partial charge in [0.1, 0.15) is 0 Å². The molecule has 0 aromatic heterocycles. The minimum atomic E-state index is -4.54. The average molecular weight is 609 g/mol. The molecule has 2 aliphatic rings. The van der Waals surface area contributed by atoms with Gasteiger partial charge in [-0.1, -0.05) is 28.1 Å². The van der Waals surface area contributed by atoms with E-state index >= 15 is 0 Å². The number of alkyl halides is 3. The lowest BCUT2D eigenvalue weighted by atomic mass is 9.93. The topological polar surface area (TPSA) is 81.8 Å². The van der Waals surface area contributed by atoms with Gasteiger partial charge in [-0.05, 0) is 74.5 Å². The number of amides is 3. The van der Waals surface area contributed by atoms with Crippen molar-refractivity contribution in [1.82, 2.24) is 20.4 Å². The molecule has 7 nitrogen and oxygen atoms in total. The highest BCUT2D eigenvalue weighted by Crippen LogP contribution is 2.29. The van der Waals surface area contributed by atoms with Gasteiger partial charge in [0.15, 0.2) is 0 Å². The highest BCUT2D eigenvalue weighted by atomic mass is 79.9. The predicted molar refractivity (Wildman–Crippen MR) is 144 cm³/mol. The second-order valence-corrected chi connectivity index (χ2v) is 11.1. The number of nitrogens with one attached hydrogen (secondary N) is 2. The molecule has 2 aromatic carbocycles. The van der Waals surface area contributed by atoms with Gasteiger partial charge >= 0.3 is 6.18 Å². The highest BCUT2D eigenvalue weighted by Gasteiger charge is 2.31. The number of halogens is 4. The minimum absolute atomic E-state index is 0.0346. The lowest BCUT2D eigenvalue weighted by Gasteiger charge is -2.33. The van der Waals surface area contributed by atoms with Gasteiger partial charge < -0.3 is 20.4 Å². The molecule has 2 aromatic rings. The third kappa shape index (κ3) is 8.28. The molecule has 0 radical (unpaired) electrons. The molecule has 0 saturated carbocycles. The van der Waals surface area contributed by atoms with Crippen molar-refractivity contribution in [1.29, 1.82) is 0 Å². The number of piperidine rings is 1. The third-order valence-corrected chi connectivity index (χ3v) is 7.82. The summed E-state index contributed by atoms with van der Waals surface area (Å²) in [5, 5.41) is 5.30. The summed E-state index contributed by atoms with van der Waals surface area (Å²) in [5.74, 6) is -0.478. The largest absolute Gasteiger partial charge is 0.416 e. The molecule has 2 saturated heterocycles. The third-order valence-electron chi connectivity index (χ3n) is 7.33. The average Bonchev–Trinajstić information content (AvgIpc) is 3.37. The van der Waals surface area contributed by atoms with Gasteiger partial charge in [-0.2, -0.15) is 13.2 Å². The van der Waals surface area contributed by atoms with Crippen LogP contribution < -0.4 is 10.6 Å². The van der Waals surface area contributed by atoms with Crippen molar-refractivity contribution >= 4 is 33.7 Å². The molecule has 2 N–H and O–H groups in total. The van der Waals surface area contributed by atoms with Crippen molar-refractivity contribution in [2.24, 2.45) is 5.92 Å². The summed E-state index contributed by atoms with van der Waals surface area (Å²) in [6.07, 6.45) is -0.767. The second-order valence-electron chi connectivity index (χ2n) is 10.1. The van der Waals surface area contributed by atoms with E-state index in [1.807, 2.05) is 29.2 Å². The zero-order chi connectivity index (χ0) is 28.0. The molecule has 1 unspecified atom stereocenters. The number of benzene rings is 2. The van der Waals surface area contributed by atoms with Crippen molar-refractivity contribution in [2.45, 2.75) is 37.9 Å². The predicted octanol–water partition coefficient (Wildman–Crippen LogP) is 4.33. The molecule has 4 rings (SSSR count). The molecular weight excluding hydrogens is 577 g/mol. The molecule has 210 valence electrons. The van der Waals surface area contributed by atoms with Crippen molar-refractivity contribution < 1.29 is 27.6 Å². The molecule has 2 fully saturated rings. The maximum atomic E-state index is 12.9. The van der Waals surface area contributed by atoms with Crippen LogP contribution in [0.3, 0.4) is 0 Å². The van der Waals surface area contributed by atoms with Crippen LogP contribution in [0.25, 0.3) is 0 Å². The molecule has 2 heterocycles. The molecule has 3 amide bonds. The van der Waals surface area contributed by atoms with Gasteiger partial charge in [0.2, 0.25) is 5.91 Å². The zero-order valence-corrected chi connectivity index (χ0v) is 23.1. The van der Waals surface area contributed by atoms with Gasteiger partial charge in [-0.15, -0.1) is 0 Å². The van der Waals surface area contributed by atoms with E-state index in [1.54, 1.807) is 0 Å². The van der Waals surface area contributed by atoms with Crippen LogP contribution in [0.2, 0.25) is 0 Å². The SMILES string of the molecule is O=C(CNC(=O)c1cccc(C(F)(F)F)c1)NC1CCN(CCC2CCN(C(=O)c3cccc(Br)c3)CC2)C1. The van der Waals surface area contributed by atoms with E-state index in [9.17, 15) is 27.6 Å². The summed E-state index contributed by atoms with van der Waals surface area (Å²) in [6.45, 7) is 3.70. The molecule has 0 aliphatic carbocycles. The zero-order valence-electron chi connectivity index (χ0n) is 21.5. The van der Waals surface area contributed by atoms with E-state index in [0.29, 0.717) is 18.0 Å². The Morgan fingerprint density at radius 2 is 1.67 bits per heavy atom. The Bertz CT molecular complexity index is 1180. The minimum Gasteiger partial charge on any atom is -0.350 e. The number of likely N-dealkylation sites (tertiary alicyclic amines) is 2. The van der Waals surface area contributed by atoms with Gasteiger partial charge in [-0.3, -0.25) is 14.4 Å². The van der Waals surface area contributed by atoms with Crippen LogP contribution in [-0.2, 0) is 11.0 Å². The number of carbonyl (C=O) groups is 3. The number of nitrogens with zero attached hydrogens (tertiary/aromatic N) is 2. The Balaban J connectivity index is 1.13. The Morgan fingerprint density at radius 1 is 0.949 bits per heavy atom. The van der Waals surface area contributed by atoms with E-state index in [1.165, 1.54) is 6.07 Å². The van der Waals surface area contributed by atoms with Crippen LogP contribution in [0.1, 0.15) is 52.0 Å². The Morgan fingerprint density at radius 3 is 2.38 bits per heavy atom. The summed E-state index contributed by atoms with van der Waals surface area (Å²) in [6, 6.07) is 11.5. The molecular formula is C28H32BrF3N4O3. The van der Waals surface area contributed by atoms with Crippen molar-refractivity contribution in [3.8, 4) is 0 Å². The van der Waals surface area contributed by atoms with Crippen LogP contribution in [-0.4, -0.2) is 72.8 Å². The Labute approximate surface area is 234 Å². The number of hydrogen-bond acceptors (Lipinski definition) is 4. The lowest BCUT2D eigenvalue weighted by molar-refractivity contribution is -0.137. The second kappa shape index (κ2) is 13.0. The molecule has 11 heteroatoms. The fraction of sp³-hybridized carbons (Fsp3) is 0.464. The van der Waals surface area contributed by atoms with Crippen molar-refractivity contribution in [3.63, 3.8) is 0 Å². The van der Waals surface area contributed by atoms with Crippen LogP contribution in [0, 0.1) is 5.92 Å². The standard InChI is InChI=1S/C28H32BrF3N4O3/c29-23-6-2-4-21(16-23)27(39)36-13-8-19(9-14-36)7-11-35-12-10-24(18-35)34-25(37)17-33-26(38)20-3-1-5-22(15-20)28(30,31)32/h1-6,15-16,19,24H,7-14,17-18H2,(H,33,38)(H,34,37). The summed E-state index contributed by atoms with van der Waals surface area (Å²) < 4.78 is 39.5. The van der Waals surface area contributed by atoms with E-state index in [2.05, 4.69) is 31.5 Å². The molecule has 2 aliphatic heterocycles. The smallest absolute Gasteiger partial charge is 0.350 e. The van der Waals surface area contributed by atoms with Gasteiger partial charge in [0.05, 0.1) is 12.1 Å². The summed E-state index contributed by atoms with van der Waals surface area (Å²) in [5.41, 5.74) is -0.360. The molecule has 1 atom stereocenters. The molecule has 0 spiro atoms. The first-order chi connectivity index (χ1) is 18.6. The van der Waals surface area contributed by atoms with E-state index in [0.717, 1.165) is 74.5 Å². The number of rotatable bonds is 8. The number of hydrogen-bond donors (Lipinski definition) is 2. The first kappa shape index (κ1) is 29.1. The fourth-order valence-electron chi connectivity index (χ4n) is 5.13.